The highest BCUT2D eigenvalue weighted by Crippen LogP contribution is 2.24. The van der Waals surface area contributed by atoms with E-state index in [-0.39, 0.29) is 0 Å². The number of hydrogen-bond donors (Lipinski definition) is 1. The molecule has 0 amide bonds. The third kappa shape index (κ3) is 3.60. The van der Waals surface area contributed by atoms with E-state index in [4.69, 9.17) is 23.2 Å². The first-order chi connectivity index (χ1) is 10.2. The molecule has 0 saturated carbocycles. The van der Waals surface area contributed by atoms with Gasteiger partial charge in [-0.15, -0.1) is 0 Å². The van der Waals surface area contributed by atoms with Gasteiger partial charge < -0.3 is 9.88 Å². The summed E-state index contributed by atoms with van der Waals surface area (Å²) in [5, 5.41) is 4.99. The van der Waals surface area contributed by atoms with Gasteiger partial charge in [0.2, 0.25) is 0 Å². The molecule has 1 aliphatic heterocycles. The summed E-state index contributed by atoms with van der Waals surface area (Å²) in [6.07, 6.45) is 8.51. The number of halogens is 2. The Bertz CT molecular complexity index is 603. The summed E-state index contributed by atoms with van der Waals surface area (Å²) < 4.78 is 2.23. The van der Waals surface area contributed by atoms with Gasteiger partial charge in [0.05, 0.1) is 12.0 Å². The van der Waals surface area contributed by atoms with Gasteiger partial charge in [-0.05, 0) is 43.5 Å². The zero-order valence-electron chi connectivity index (χ0n) is 11.9. The first-order valence-electron chi connectivity index (χ1n) is 7.41. The third-order valence-corrected chi connectivity index (χ3v) is 4.64. The minimum atomic E-state index is 0.432. The van der Waals surface area contributed by atoms with Crippen molar-refractivity contribution in [2.24, 2.45) is 0 Å². The normalized spacial score (nSPS) is 18.9. The number of benzene rings is 1. The molecule has 0 bridgehead atoms. The molecule has 112 valence electrons. The van der Waals surface area contributed by atoms with E-state index in [9.17, 15) is 0 Å². The molecule has 0 aliphatic carbocycles. The van der Waals surface area contributed by atoms with Gasteiger partial charge in [0.1, 0.15) is 0 Å². The van der Waals surface area contributed by atoms with Gasteiger partial charge in [-0.25, -0.2) is 4.98 Å². The first kappa shape index (κ1) is 14.9. The van der Waals surface area contributed by atoms with Gasteiger partial charge in [0, 0.05) is 28.8 Å². The first-order valence-corrected chi connectivity index (χ1v) is 8.17. The summed E-state index contributed by atoms with van der Waals surface area (Å²) in [5.41, 5.74) is 2.40. The molecule has 1 unspecified atom stereocenters. The smallest absolute Gasteiger partial charge is 0.0948 e. The molecule has 0 radical (unpaired) electrons. The Balaban J connectivity index is 1.69. The van der Waals surface area contributed by atoms with Crippen molar-refractivity contribution in [2.75, 3.05) is 6.54 Å². The summed E-state index contributed by atoms with van der Waals surface area (Å²) in [7, 11) is 0. The Hall–Kier alpha value is -1.03. The predicted octanol–water partition coefficient (Wildman–Crippen LogP) is 4.25. The lowest BCUT2D eigenvalue weighted by atomic mass is 10.0. The van der Waals surface area contributed by atoms with Crippen molar-refractivity contribution in [2.45, 2.75) is 38.3 Å². The molecule has 1 atom stereocenters. The molecule has 3 nitrogen and oxygen atoms in total. The second kappa shape index (κ2) is 6.82. The predicted molar refractivity (Wildman–Crippen MR) is 87.0 cm³/mol. The molecule has 2 aromatic rings. The molecule has 1 aromatic heterocycles. The van der Waals surface area contributed by atoms with E-state index in [0.717, 1.165) is 30.1 Å². The van der Waals surface area contributed by atoms with Crippen LogP contribution in [0.1, 0.15) is 36.6 Å². The van der Waals surface area contributed by atoms with Crippen LogP contribution in [0.2, 0.25) is 10.0 Å². The molecule has 3 rings (SSSR count). The van der Waals surface area contributed by atoms with E-state index in [1.165, 1.54) is 25.0 Å². The summed E-state index contributed by atoms with van der Waals surface area (Å²) in [5.74, 6) is 0. The number of piperidine rings is 1. The van der Waals surface area contributed by atoms with Crippen molar-refractivity contribution >= 4 is 23.2 Å². The average Bonchev–Trinajstić information content (AvgIpc) is 2.96. The van der Waals surface area contributed by atoms with E-state index in [1.54, 1.807) is 6.07 Å². The van der Waals surface area contributed by atoms with E-state index in [1.807, 2.05) is 24.7 Å². The fourth-order valence-electron chi connectivity index (χ4n) is 2.88. The van der Waals surface area contributed by atoms with Crippen LogP contribution < -0.4 is 5.32 Å². The maximum Gasteiger partial charge on any atom is 0.0948 e. The molecule has 1 aromatic carbocycles. The molecule has 0 spiro atoms. The summed E-state index contributed by atoms with van der Waals surface area (Å²) in [4.78, 5) is 4.32. The zero-order chi connectivity index (χ0) is 14.7. The standard InChI is InChI=1S/C16H19Cl2N3/c17-13-5-4-12(14(18)9-13)6-8-21-11-19-10-16(21)15-3-1-2-7-20-15/h4-5,9-11,15,20H,1-3,6-8H2. The molecular formula is C16H19Cl2N3. The molecule has 1 aliphatic rings. The van der Waals surface area contributed by atoms with Crippen LogP contribution in [0.25, 0.3) is 0 Å². The number of aryl methyl sites for hydroxylation is 2. The van der Waals surface area contributed by atoms with Gasteiger partial charge in [-0.3, -0.25) is 0 Å². The van der Waals surface area contributed by atoms with Crippen LogP contribution >= 0.6 is 23.2 Å². The van der Waals surface area contributed by atoms with Crippen LogP contribution in [0.15, 0.2) is 30.7 Å². The van der Waals surface area contributed by atoms with Crippen LogP contribution in [-0.2, 0) is 13.0 Å². The molecule has 1 N–H and O–H groups in total. The van der Waals surface area contributed by atoms with Crippen LogP contribution in [-0.4, -0.2) is 16.1 Å². The number of rotatable bonds is 4. The Morgan fingerprint density at radius 3 is 2.95 bits per heavy atom. The van der Waals surface area contributed by atoms with E-state index < -0.39 is 0 Å². The summed E-state index contributed by atoms with van der Waals surface area (Å²) in [6.45, 7) is 1.98. The minimum Gasteiger partial charge on any atom is -0.333 e. The second-order valence-electron chi connectivity index (χ2n) is 5.50. The second-order valence-corrected chi connectivity index (χ2v) is 6.34. The topological polar surface area (TPSA) is 29.9 Å². The maximum atomic E-state index is 6.24. The minimum absolute atomic E-state index is 0.432. The van der Waals surface area contributed by atoms with Gasteiger partial charge in [-0.1, -0.05) is 35.7 Å². The Morgan fingerprint density at radius 1 is 1.29 bits per heavy atom. The van der Waals surface area contributed by atoms with Crippen molar-refractivity contribution in [3.63, 3.8) is 0 Å². The SMILES string of the molecule is Clc1ccc(CCn2cncc2C2CCCCN2)c(Cl)c1. The molecular weight excluding hydrogens is 305 g/mol. The van der Waals surface area contributed by atoms with Gasteiger partial charge in [0.15, 0.2) is 0 Å². The zero-order valence-corrected chi connectivity index (χ0v) is 13.4. The number of hydrogen-bond acceptors (Lipinski definition) is 2. The lowest BCUT2D eigenvalue weighted by Crippen LogP contribution is -2.28. The van der Waals surface area contributed by atoms with Crippen molar-refractivity contribution in [3.05, 3.63) is 52.0 Å². The Labute approximate surface area is 135 Å². The lowest BCUT2D eigenvalue weighted by molar-refractivity contribution is 0.393. The van der Waals surface area contributed by atoms with Crippen LogP contribution in [0.5, 0.6) is 0 Å². The van der Waals surface area contributed by atoms with Crippen LogP contribution in [0.3, 0.4) is 0 Å². The Kier molecular flexibility index (Phi) is 4.84. The van der Waals surface area contributed by atoms with Crippen molar-refractivity contribution in [3.8, 4) is 0 Å². The monoisotopic (exact) mass is 323 g/mol. The largest absolute Gasteiger partial charge is 0.333 e. The number of nitrogens with zero attached hydrogens (tertiary/aromatic N) is 2. The quantitative estimate of drug-likeness (QED) is 0.911. The summed E-state index contributed by atoms with van der Waals surface area (Å²) >= 11 is 12.2. The fraction of sp³-hybridized carbons (Fsp3) is 0.438. The van der Waals surface area contributed by atoms with E-state index >= 15 is 0 Å². The van der Waals surface area contributed by atoms with Crippen molar-refractivity contribution in [1.82, 2.24) is 14.9 Å². The Morgan fingerprint density at radius 2 is 2.19 bits per heavy atom. The van der Waals surface area contributed by atoms with Gasteiger partial charge >= 0.3 is 0 Å². The number of aromatic nitrogens is 2. The van der Waals surface area contributed by atoms with Crippen LogP contribution in [0, 0.1) is 0 Å². The highest BCUT2D eigenvalue weighted by Gasteiger charge is 2.18. The maximum absolute atomic E-state index is 6.24. The van der Waals surface area contributed by atoms with Crippen LogP contribution in [0.4, 0.5) is 0 Å². The van der Waals surface area contributed by atoms with Gasteiger partial charge in [0.25, 0.3) is 0 Å². The summed E-state index contributed by atoms with van der Waals surface area (Å²) in [6, 6.07) is 6.12. The third-order valence-electron chi connectivity index (χ3n) is 4.05. The lowest BCUT2D eigenvalue weighted by Gasteiger charge is -2.24. The van der Waals surface area contributed by atoms with Gasteiger partial charge in [-0.2, -0.15) is 0 Å². The highest BCUT2D eigenvalue weighted by molar-refractivity contribution is 6.35. The molecule has 21 heavy (non-hydrogen) atoms. The van der Waals surface area contributed by atoms with Crippen molar-refractivity contribution < 1.29 is 0 Å². The fourth-order valence-corrected chi connectivity index (χ4v) is 3.38. The van der Waals surface area contributed by atoms with Crippen molar-refractivity contribution in [1.29, 1.82) is 0 Å². The highest BCUT2D eigenvalue weighted by atomic mass is 35.5. The number of nitrogens with one attached hydrogen (secondary N) is 1. The molecule has 1 saturated heterocycles. The van der Waals surface area contributed by atoms with E-state index in [0.29, 0.717) is 11.1 Å². The van der Waals surface area contributed by atoms with E-state index in [2.05, 4.69) is 14.9 Å². The number of imidazole rings is 1. The molecule has 5 heteroatoms. The average molecular weight is 324 g/mol. The molecule has 2 heterocycles. The molecule has 1 fully saturated rings.